The van der Waals surface area contributed by atoms with E-state index in [-0.39, 0.29) is 5.24 Å². The normalized spacial score (nSPS) is 13.4. The Hall–Kier alpha value is -3.24. The van der Waals surface area contributed by atoms with Crippen molar-refractivity contribution in [2.45, 2.75) is 26.8 Å². The van der Waals surface area contributed by atoms with Crippen molar-refractivity contribution >= 4 is 34.5 Å². The van der Waals surface area contributed by atoms with Crippen LogP contribution in [0.1, 0.15) is 31.4 Å². The Bertz CT molecular complexity index is 1060. The van der Waals surface area contributed by atoms with E-state index >= 15 is 0 Å². The fraction of sp³-hybridized carbons (Fsp3) is 0.423. The molecule has 0 aromatic heterocycles. The molecule has 0 saturated heterocycles. The van der Waals surface area contributed by atoms with Gasteiger partial charge in [-0.05, 0) is 55.4 Å². The van der Waals surface area contributed by atoms with E-state index in [2.05, 4.69) is 29.2 Å². The summed E-state index contributed by atoms with van der Waals surface area (Å²) in [5.74, 6) is 1.72. The van der Waals surface area contributed by atoms with Crippen LogP contribution in [-0.2, 0) is 11.3 Å². The Kier molecular flexibility index (Phi) is 10.4. The first kappa shape index (κ1) is 27.3. The number of methoxy groups -OCH3 is 2. The number of hydrogen-bond donors (Lipinski definition) is 1. The summed E-state index contributed by atoms with van der Waals surface area (Å²) >= 11 is 1.20. The van der Waals surface area contributed by atoms with Crippen LogP contribution in [0.2, 0.25) is 0 Å². The Labute approximate surface area is 216 Å². The summed E-state index contributed by atoms with van der Waals surface area (Å²) in [4.78, 5) is 26.8. The van der Waals surface area contributed by atoms with Gasteiger partial charge in [-0.3, -0.25) is 10.1 Å². The molecule has 2 amide bonds. The number of carbonyl (C=O) groups excluding carboxylic acids is 2. The van der Waals surface area contributed by atoms with Gasteiger partial charge in [0.1, 0.15) is 0 Å². The van der Waals surface area contributed by atoms with Gasteiger partial charge >= 0.3 is 11.3 Å². The van der Waals surface area contributed by atoms with Crippen molar-refractivity contribution in [2.24, 2.45) is 5.10 Å². The third kappa shape index (κ3) is 7.63. The van der Waals surface area contributed by atoms with Crippen LogP contribution < -0.4 is 14.8 Å². The van der Waals surface area contributed by atoms with Crippen LogP contribution in [-0.4, -0.2) is 73.2 Å². The second-order valence-corrected chi connectivity index (χ2v) is 8.99. The number of hydrogen-bond acceptors (Lipinski definition) is 8. The third-order valence-corrected chi connectivity index (χ3v) is 6.66. The molecule has 0 radical (unpaired) electrons. The summed E-state index contributed by atoms with van der Waals surface area (Å²) < 4.78 is 16.0. The largest absolute Gasteiger partial charge is 0.493 e. The lowest BCUT2D eigenvalue weighted by molar-refractivity contribution is 0.153. The van der Waals surface area contributed by atoms with Crippen molar-refractivity contribution in [1.82, 2.24) is 9.91 Å². The predicted molar refractivity (Wildman–Crippen MR) is 143 cm³/mol. The highest BCUT2D eigenvalue weighted by molar-refractivity contribution is 8.14. The molecule has 1 N–H and O–H groups in total. The molecule has 0 fully saturated rings. The van der Waals surface area contributed by atoms with E-state index in [1.165, 1.54) is 16.8 Å². The van der Waals surface area contributed by atoms with E-state index in [4.69, 9.17) is 14.2 Å². The number of carbonyl (C=O) groups is 2. The molecule has 36 heavy (non-hydrogen) atoms. The van der Waals surface area contributed by atoms with E-state index in [0.29, 0.717) is 36.1 Å². The second-order valence-electron chi connectivity index (χ2n) is 8.07. The lowest BCUT2D eigenvalue weighted by Crippen LogP contribution is -2.29. The minimum absolute atomic E-state index is 0.116. The highest BCUT2D eigenvalue weighted by atomic mass is 32.2. The maximum atomic E-state index is 12.5. The number of hydrazone groups is 1. The molecular weight excluding hydrogens is 480 g/mol. The van der Waals surface area contributed by atoms with E-state index in [1.54, 1.807) is 26.4 Å². The minimum Gasteiger partial charge on any atom is -0.493 e. The zero-order valence-electron chi connectivity index (χ0n) is 21.3. The Morgan fingerprint density at radius 3 is 2.47 bits per heavy atom. The zero-order chi connectivity index (χ0) is 25.9. The van der Waals surface area contributed by atoms with E-state index < -0.39 is 6.09 Å². The second kappa shape index (κ2) is 13.7. The molecule has 2 aromatic rings. The van der Waals surface area contributed by atoms with Crippen molar-refractivity contribution in [2.75, 3.05) is 51.5 Å². The molecule has 2 aromatic carbocycles. The molecule has 0 spiro atoms. The number of amides is 2. The van der Waals surface area contributed by atoms with Crippen molar-refractivity contribution in [3.8, 4) is 11.5 Å². The molecule has 194 valence electrons. The summed E-state index contributed by atoms with van der Waals surface area (Å²) in [5.41, 5.74) is 3.16. The summed E-state index contributed by atoms with van der Waals surface area (Å²) in [6.45, 7) is 7.79. The van der Waals surface area contributed by atoms with Crippen molar-refractivity contribution in [3.63, 3.8) is 0 Å². The van der Waals surface area contributed by atoms with E-state index in [0.717, 1.165) is 42.9 Å². The highest BCUT2D eigenvalue weighted by Gasteiger charge is 2.23. The monoisotopic (exact) mass is 514 g/mol. The molecule has 1 aliphatic rings. The van der Waals surface area contributed by atoms with Crippen LogP contribution >= 0.6 is 11.8 Å². The van der Waals surface area contributed by atoms with E-state index in [9.17, 15) is 9.59 Å². The van der Waals surface area contributed by atoms with Gasteiger partial charge in [-0.2, -0.15) is 5.10 Å². The number of nitrogens with one attached hydrogen (secondary N) is 1. The first-order chi connectivity index (χ1) is 17.5. The lowest BCUT2D eigenvalue weighted by atomic mass is 10.1. The smallest absolute Gasteiger partial charge is 0.411 e. The zero-order valence-corrected chi connectivity index (χ0v) is 22.1. The number of benzene rings is 2. The molecule has 3 rings (SSSR count). The predicted octanol–water partition coefficient (Wildman–Crippen LogP) is 5.06. The van der Waals surface area contributed by atoms with Crippen molar-refractivity contribution < 1.29 is 23.8 Å². The average molecular weight is 515 g/mol. The molecule has 1 aliphatic heterocycles. The molecule has 0 atom stereocenters. The lowest BCUT2D eigenvalue weighted by Gasteiger charge is -2.23. The van der Waals surface area contributed by atoms with Crippen LogP contribution in [0.3, 0.4) is 0 Å². The van der Waals surface area contributed by atoms with Crippen LogP contribution in [0.5, 0.6) is 11.5 Å². The minimum atomic E-state index is -0.478. The molecule has 0 bridgehead atoms. The van der Waals surface area contributed by atoms with Crippen LogP contribution in [0.25, 0.3) is 0 Å². The Morgan fingerprint density at radius 2 is 1.81 bits per heavy atom. The number of ether oxygens (including phenoxy) is 3. The average Bonchev–Trinajstić information content (AvgIpc) is 2.90. The standard InChI is InChI=1S/C26H34N4O5S/c1-5-29(6-2)14-7-15-35-25(31)27-21-11-8-19(9-12-21)17-30-26(32)36-18-22(28-30)20-10-13-23(33-3)24(16-20)34-4/h8-13,16H,5-7,14-15,17-18H2,1-4H3,(H,27,31). The fourth-order valence-electron chi connectivity index (χ4n) is 3.69. The first-order valence-electron chi connectivity index (χ1n) is 12.0. The van der Waals surface area contributed by atoms with Gasteiger partial charge < -0.3 is 19.1 Å². The van der Waals surface area contributed by atoms with Gasteiger partial charge in [0.05, 0.1) is 33.1 Å². The summed E-state index contributed by atoms with van der Waals surface area (Å²) in [7, 11) is 3.17. The quantitative estimate of drug-likeness (QED) is 0.396. The molecule has 9 nitrogen and oxygen atoms in total. The van der Waals surface area contributed by atoms with Gasteiger partial charge in [0.15, 0.2) is 11.5 Å². The molecule has 10 heteroatoms. The van der Waals surface area contributed by atoms with Gasteiger partial charge in [-0.1, -0.05) is 37.7 Å². The van der Waals surface area contributed by atoms with E-state index in [1.807, 2.05) is 30.3 Å². The third-order valence-electron chi connectivity index (χ3n) is 5.78. The van der Waals surface area contributed by atoms with Gasteiger partial charge in [-0.15, -0.1) is 0 Å². The number of anilines is 1. The van der Waals surface area contributed by atoms with Gasteiger partial charge in [0.25, 0.3) is 0 Å². The van der Waals surface area contributed by atoms with Crippen molar-refractivity contribution in [3.05, 3.63) is 53.6 Å². The summed E-state index contributed by atoms with van der Waals surface area (Å²) in [6.07, 6.45) is 0.316. The Morgan fingerprint density at radius 1 is 1.08 bits per heavy atom. The summed E-state index contributed by atoms with van der Waals surface area (Å²) in [5, 5.41) is 8.66. The highest BCUT2D eigenvalue weighted by Crippen LogP contribution is 2.30. The van der Waals surface area contributed by atoms with Gasteiger partial charge in [0, 0.05) is 23.5 Å². The van der Waals surface area contributed by atoms with Crippen LogP contribution in [0.4, 0.5) is 15.3 Å². The van der Waals surface area contributed by atoms with Crippen LogP contribution in [0, 0.1) is 0 Å². The fourth-order valence-corrected chi connectivity index (χ4v) is 4.43. The van der Waals surface area contributed by atoms with Crippen LogP contribution in [0.15, 0.2) is 47.6 Å². The number of rotatable bonds is 12. The van der Waals surface area contributed by atoms with Gasteiger partial charge in [-0.25, -0.2) is 9.80 Å². The summed E-state index contributed by atoms with van der Waals surface area (Å²) in [6, 6.07) is 12.9. The first-order valence-corrected chi connectivity index (χ1v) is 12.9. The van der Waals surface area contributed by atoms with Crippen molar-refractivity contribution in [1.29, 1.82) is 0 Å². The molecule has 1 heterocycles. The molecule has 0 aliphatic carbocycles. The van der Waals surface area contributed by atoms with Gasteiger partial charge in [0.2, 0.25) is 0 Å². The molecule has 0 unspecified atom stereocenters. The molecular formula is C26H34N4O5S. The maximum absolute atomic E-state index is 12.5. The number of thioether (sulfide) groups is 1. The number of nitrogens with zero attached hydrogens (tertiary/aromatic N) is 3. The molecule has 0 saturated carbocycles. The topological polar surface area (TPSA) is 92.7 Å². The maximum Gasteiger partial charge on any atom is 0.411 e. The Balaban J connectivity index is 1.56. The SMILES string of the molecule is CCN(CC)CCCOC(=O)Nc1ccc(CN2N=C(c3ccc(OC)c(OC)c3)CSC2=O)cc1.